The molecule has 1 N–H and O–H groups in total. The normalized spacial score (nSPS) is 12.7. The lowest BCUT2D eigenvalue weighted by Gasteiger charge is -2.25. The van der Waals surface area contributed by atoms with Crippen LogP contribution < -0.4 is 10.9 Å². The standard InChI is InChI=1S/C22H26N2O2/c1-15-10-19-18(12-22(25)26-21(19)11-16(15)2)13-23-14-20(24(3)4)17-8-6-5-7-9-17/h5-12,20,23H,13-14H2,1-4H3/t20-/m1/s1. The third kappa shape index (κ3) is 4.03. The maximum Gasteiger partial charge on any atom is 0.336 e. The molecule has 0 bridgehead atoms. The van der Waals surface area contributed by atoms with E-state index in [0.717, 1.165) is 23.1 Å². The first-order chi connectivity index (χ1) is 12.5. The zero-order valence-electron chi connectivity index (χ0n) is 15.9. The molecule has 3 aromatic rings. The molecular formula is C22H26N2O2. The van der Waals surface area contributed by atoms with E-state index < -0.39 is 0 Å². The van der Waals surface area contributed by atoms with Crippen LogP contribution in [-0.2, 0) is 6.54 Å². The summed E-state index contributed by atoms with van der Waals surface area (Å²) in [6.07, 6.45) is 0. The van der Waals surface area contributed by atoms with Gasteiger partial charge in [0.25, 0.3) is 0 Å². The van der Waals surface area contributed by atoms with Gasteiger partial charge >= 0.3 is 5.63 Å². The van der Waals surface area contributed by atoms with Crippen LogP contribution in [-0.4, -0.2) is 25.5 Å². The molecular weight excluding hydrogens is 324 g/mol. The summed E-state index contributed by atoms with van der Waals surface area (Å²) in [5.74, 6) is 0. The Morgan fingerprint density at radius 3 is 2.42 bits per heavy atom. The summed E-state index contributed by atoms with van der Waals surface area (Å²) < 4.78 is 5.38. The number of benzene rings is 2. The van der Waals surface area contributed by atoms with Gasteiger partial charge in [-0.2, -0.15) is 0 Å². The van der Waals surface area contributed by atoms with Crippen LogP contribution in [0.4, 0.5) is 0 Å². The van der Waals surface area contributed by atoms with E-state index in [-0.39, 0.29) is 11.7 Å². The Hall–Kier alpha value is -2.43. The lowest BCUT2D eigenvalue weighted by atomic mass is 10.0. The van der Waals surface area contributed by atoms with Gasteiger partial charge in [0.05, 0.1) is 0 Å². The van der Waals surface area contributed by atoms with E-state index in [1.54, 1.807) is 6.07 Å². The first kappa shape index (κ1) is 18.4. The summed E-state index contributed by atoms with van der Waals surface area (Å²) in [5.41, 5.74) is 4.93. The Balaban J connectivity index is 1.81. The van der Waals surface area contributed by atoms with Crippen LogP contribution in [0.15, 0.2) is 57.7 Å². The second kappa shape index (κ2) is 7.85. The molecule has 0 spiro atoms. The third-order valence-corrected chi connectivity index (χ3v) is 4.91. The molecule has 0 aliphatic rings. The Morgan fingerprint density at radius 1 is 1.04 bits per heavy atom. The summed E-state index contributed by atoms with van der Waals surface area (Å²) >= 11 is 0. The van der Waals surface area contributed by atoms with Gasteiger partial charge in [-0.15, -0.1) is 0 Å². The van der Waals surface area contributed by atoms with Crippen molar-refractivity contribution in [1.82, 2.24) is 10.2 Å². The minimum atomic E-state index is -0.301. The van der Waals surface area contributed by atoms with Crippen molar-refractivity contribution in [2.45, 2.75) is 26.4 Å². The summed E-state index contributed by atoms with van der Waals surface area (Å²) in [6, 6.07) is 16.4. The number of rotatable bonds is 6. The summed E-state index contributed by atoms with van der Waals surface area (Å²) in [5, 5.41) is 4.51. The van der Waals surface area contributed by atoms with Gasteiger partial charge in [0.1, 0.15) is 5.58 Å². The lowest BCUT2D eigenvalue weighted by Crippen LogP contribution is -2.31. The van der Waals surface area contributed by atoms with Gasteiger partial charge in [-0.3, -0.25) is 0 Å². The highest BCUT2D eigenvalue weighted by Gasteiger charge is 2.14. The molecule has 136 valence electrons. The van der Waals surface area contributed by atoms with Crippen molar-refractivity contribution in [3.63, 3.8) is 0 Å². The first-order valence-electron chi connectivity index (χ1n) is 8.92. The van der Waals surface area contributed by atoms with Gasteiger partial charge in [0, 0.05) is 30.6 Å². The molecule has 1 heterocycles. The molecule has 1 atom stereocenters. The van der Waals surface area contributed by atoms with Crippen molar-refractivity contribution in [3.8, 4) is 0 Å². The maximum absolute atomic E-state index is 11.9. The van der Waals surface area contributed by atoms with Gasteiger partial charge < -0.3 is 14.6 Å². The average molecular weight is 350 g/mol. The molecule has 2 aromatic carbocycles. The van der Waals surface area contributed by atoms with E-state index in [1.165, 1.54) is 11.1 Å². The van der Waals surface area contributed by atoms with Crippen molar-refractivity contribution in [2.75, 3.05) is 20.6 Å². The van der Waals surface area contributed by atoms with Crippen LogP contribution in [0.25, 0.3) is 11.0 Å². The molecule has 0 aliphatic carbocycles. The quantitative estimate of drug-likeness (QED) is 0.687. The zero-order chi connectivity index (χ0) is 18.7. The molecule has 4 nitrogen and oxygen atoms in total. The molecule has 0 saturated heterocycles. The summed E-state index contributed by atoms with van der Waals surface area (Å²) in [6.45, 7) is 5.53. The van der Waals surface area contributed by atoms with Crippen LogP contribution in [0, 0.1) is 13.8 Å². The Labute approximate surface area is 154 Å². The predicted octanol–water partition coefficient (Wildman–Crippen LogP) is 3.80. The van der Waals surface area contributed by atoms with Gasteiger partial charge in [0.15, 0.2) is 0 Å². The van der Waals surface area contributed by atoms with E-state index in [0.29, 0.717) is 12.1 Å². The predicted molar refractivity (Wildman–Crippen MR) is 107 cm³/mol. The molecule has 0 fully saturated rings. The monoisotopic (exact) mass is 350 g/mol. The number of aryl methyl sites for hydroxylation is 2. The molecule has 0 amide bonds. The highest BCUT2D eigenvalue weighted by Crippen LogP contribution is 2.22. The fourth-order valence-corrected chi connectivity index (χ4v) is 3.25. The first-order valence-corrected chi connectivity index (χ1v) is 8.92. The zero-order valence-corrected chi connectivity index (χ0v) is 15.9. The van der Waals surface area contributed by atoms with E-state index in [2.05, 4.69) is 61.6 Å². The Morgan fingerprint density at radius 2 is 1.73 bits per heavy atom. The molecule has 1 aromatic heterocycles. The Kier molecular flexibility index (Phi) is 5.55. The fourth-order valence-electron chi connectivity index (χ4n) is 3.25. The third-order valence-electron chi connectivity index (χ3n) is 4.91. The van der Waals surface area contributed by atoms with E-state index in [1.807, 2.05) is 19.1 Å². The van der Waals surface area contributed by atoms with Gasteiger partial charge in [-0.25, -0.2) is 4.79 Å². The highest BCUT2D eigenvalue weighted by atomic mass is 16.4. The van der Waals surface area contributed by atoms with Crippen LogP contribution in [0.1, 0.15) is 28.3 Å². The van der Waals surface area contributed by atoms with Crippen LogP contribution in [0.5, 0.6) is 0 Å². The topological polar surface area (TPSA) is 45.5 Å². The minimum absolute atomic E-state index is 0.270. The molecule has 4 heteroatoms. The van der Waals surface area contributed by atoms with Gasteiger partial charge in [-0.1, -0.05) is 30.3 Å². The second-order valence-corrected chi connectivity index (χ2v) is 7.04. The number of hydrogen-bond acceptors (Lipinski definition) is 4. The molecule has 0 aliphatic heterocycles. The number of hydrogen-bond donors (Lipinski definition) is 1. The molecule has 26 heavy (non-hydrogen) atoms. The van der Waals surface area contributed by atoms with E-state index >= 15 is 0 Å². The van der Waals surface area contributed by atoms with Crippen LogP contribution >= 0.6 is 0 Å². The average Bonchev–Trinajstić information content (AvgIpc) is 2.60. The molecule has 3 rings (SSSR count). The van der Waals surface area contributed by atoms with Crippen LogP contribution in [0.3, 0.4) is 0 Å². The van der Waals surface area contributed by atoms with Crippen LogP contribution in [0.2, 0.25) is 0 Å². The van der Waals surface area contributed by atoms with Crippen molar-refractivity contribution >= 4 is 11.0 Å². The van der Waals surface area contributed by atoms with Crippen molar-refractivity contribution in [3.05, 3.63) is 81.2 Å². The number of fused-ring (bicyclic) bond motifs is 1. The summed E-state index contributed by atoms with van der Waals surface area (Å²) in [4.78, 5) is 14.1. The smallest absolute Gasteiger partial charge is 0.336 e. The minimum Gasteiger partial charge on any atom is -0.423 e. The fraction of sp³-hybridized carbons (Fsp3) is 0.318. The number of likely N-dealkylation sites (N-methyl/N-ethyl adjacent to an activating group) is 1. The number of nitrogens with one attached hydrogen (secondary N) is 1. The molecule has 0 radical (unpaired) electrons. The summed E-state index contributed by atoms with van der Waals surface area (Å²) in [7, 11) is 4.16. The lowest BCUT2D eigenvalue weighted by molar-refractivity contribution is 0.288. The van der Waals surface area contributed by atoms with E-state index in [9.17, 15) is 4.79 Å². The second-order valence-electron chi connectivity index (χ2n) is 7.04. The van der Waals surface area contributed by atoms with Gasteiger partial charge in [-0.05, 0) is 62.3 Å². The molecule has 0 saturated carbocycles. The van der Waals surface area contributed by atoms with Crippen molar-refractivity contribution < 1.29 is 4.42 Å². The largest absolute Gasteiger partial charge is 0.423 e. The number of nitrogens with zero attached hydrogens (tertiary/aromatic N) is 1. The maximum atomic E-state index is 11.9. The highest BCUT2D eigenvalue weighted by molar-refractivity contribution is 5.81. The van der Waals surface area contributed by atoms with Crippen molar-refractivity contribution in [2.24, 2.45) is 0 Å². The van der Waals surface area contributed by atoms with E-state index in [4.69, 9.17) is 4.42 Å². The van der Waals surface area contributed by atoms with Gasteiger partial charge in [0.2, 0.25) is 0 Å². The SMILES string of the molecule is Cc1cc2oc(=O)cc(CNC[C@H](c3ccccc3)N(C)C)c2cc1C. The Bertz CT molecular complexity index is 946. The van der Waals surface area contributed by atoms with Crippen molar-refractivity contribution in [1.29, 1.82) is 0 Å². The molecule has 0 unspecified atom stereocenters.